The Kier molecular flexibility index (Phi) is 4.45. The second kappa shape index (κ2) is 6.09. The highest BCUT2D eigenvalue weighted by molar-refractivity contribution is 5.88. The predicted molar refractivity (Wildman–Crippen MR) is 78.7 cm³/mol. The molecular weight excluding hydrogens is 254 g/mol. The van der Waals surface area contributed by atoms with Gasteiger partial charge in [-0.15, -0.1) is 0 Å². The fourth-order valence-electron chi connectivity index (χ4n) is 2.20. The van der Waals surface area contributed by atoms with Crippen LogP contribution in [0.1, 0.15) is 30.0 Å². The number of carbonyl (C=O) groups is 1. The summed E-state index contributed by atoms with van der Waals surface area (Å²) in [7, 11) is 0. The van der Waals surface area contributed by atoms with Gasteiger partial charge in [-0.1, -0.05) is 6.92 Å². The molecule has 2 N–H and O–H groups in total. The van der Waals surface area contributed by atoms with Gasteiger partial charge in [0.05, 0.1) is 25.3 Å². The van der Waals surface area contributed by atoms with Crippen molar-refractivity contribution in [1.82, 2.24) is 5.32 Å². The number of furan rings is 1. The van der Waals surface area contributed by atoms with Gasteiger partial charge in [-0.05, 0) is 43.5 Å². The maximum atomic E-state index is 12.0. The minimum absolute atomic E-state index is 0.0350. The first-order valence-electron chi connectivity index (χ1n) is 6.92. The van der Waals surface area contributed by atoms with E-state index in [1.807, 2.05) is 26.8 Å². The van der Waals surface area contributed by atoms with Crippen LogP contribution in [0.25, 0.3) is 11.0 Å². The number of hydrogen-bond donors (Lipinski definition) is 2. The lowest BCUT2D eigenvalue weighted by Gasteiger charge is -2.13. The number of hydrogen-bond acceptors (Lipinski definition) is 3. The van der Waals surface area contributed by atoms with Crippen molar-refractivity contribution in [2.24, 2.45) is 0 Å². The predicted octanol–water partition coefficient (Wildman–Crippen LogP) is 2.48. The summed E-state index contributed by atoms with van der Waals surface area (Å²) >= 11 is 0. The maximum absolute atomic E-state index is 12.0. The van der Waals surface area contributed by atoms with Gasteiger partial charge in [-0.25, -0.2) is 0 Å². The normalized spacial score (nSPS) is 12.6. The van der Waals surface area contributed by atoms with Crippen molar-refractivity contribution < 1.29 is 14.3 Å². The van der Waals surface area contributed by atoms with Crippen molar-refractivity contribution in [3.05, 3.63) is 35.1 Å². The van der Waals surface area contributed by atoms with E-state index >= 15 is 0 Å². The van der Waals surface area contributed by atoms with E-state index in [1.54, 1.807) is 6.26 Å². The molecule has 0 radical (unpaired) electrons. The number of carbonyl (C=O) groups excluding carboxylic acids is 1. The van der Waals surface area contributed by atoms with Crippen LogP contribution in [0.2, 0.25) is 0 Å². The molecule has 0 spiro atoms. The largest absolute Gasteiger partial charge is 0.464 e. The molecule has 1 amide bonds. The van der Waals surface area contributed by atoms with Gasteiger partial charge >= 0.3 is 0 Å². The Morgan fingerprint density at radius 1 is 1.35 bits per heavy atom. The van der Waals surface area contributed by atoms with Crippen LogP contribution in [0.15, 0.2) is 22.8 Å². The summed E-state index contributed by atoms with van der Waals surface area (Å²) in [5, 5.41) is 12.9. The zero-order valence-electron chi connectivity index (χ0n) is 12.2. The van der Waals surface area contributed by atoms with E-state index in [2.05, 4.69) is 11.4 Å². The van der Waals surface area contributed by atoms with Crippen LogP contribution in [-0.4, -0.2) is 23.7 Å². The average molecular weight is 275 g/mol. The molecule has 0 aliphatic rings. The molecule has 1 heterocycles. The highest BCUT2D eigenvalue weighted by Crippen LogP contribution is 2.25. The second-order valence-electron chi connectivity index (χ2n) is 5.23. The third kappa shape index (κ3) is 3.02. The molecule has 108 valence electrons. The SMILES string of the molecule is CCC(CO)NC(=O)Cc1coc2cc(C)c(C)cc12. The Bertz CT molecular complexity index is 611. The van der Waals surface area contributed by atoms with Gasteiger partial charge < -0.3 is 14.8 Å². The summed E-state index contributed by atoms with van der Waals surface area (Å²) < 4.78 is 5.51. The summed E-state index contributed by atoms with van der Waals surface area (Å²) in [6, 6.07) is 3.87. The molecular formula is C16H21NO3. The molecule has 1 aromatic heterocycles. The van der Waals surface area contributed by atoms with Crippen molar-refractivity contribution in [2.75, 3.05) is 6.61 Å². The van der Waals surface area contributed by atoms with Crippen LogP contribution >= 0.6 is 0 Å². The van der Waals surface area contributed by atoms with E-state index in [4.69, 9.17) is 9.52 Å². The molecule has 2 aromatic rings. The summed E-state index contributed by atoms with van der Waals surface area (Å²) in [6.45, 7) is 5.98. The molecule has 1 aromatic carbocycles. The molecule has 20 heavy (non-hydrogen) atoms. The fraction of sp³-hybridized carbons (Fsp3) is 0.438. The lowest BCUT2D eigenvalue weighted by molar-refractivity contribution is -0.121. The van der Waals surface area contributed by atoms with Gasteiger partial charge in [0.1, 0.15) is 5.58 Å². The molecule has 0 saturated carbocycles. The van der Waals surface area contributed by atoms with Gasteiger partial charge in [0.15, 0.2) is 0 Å². The van der Waals surface area contributed by atoms with Crippen LogP contribution in [0, 0.1) is 13.8 Å². The zero-order chi connectivity index (χ0) is 14.7. The van der Waals surface area contributed by atoms with E-state index in [-0.39, 0.29) is 25.0 Å². The lowest BCUT2D eigenvalue weighted by atomic mass is 10.0. The Morgan fingerprint density at radius 3 is 2.70 bits per heavy atom. The second-order valence-corrected chi connectivity index (χ2v) is 5.23. The van der Waals surface area contributed by atoms with Crippen molar-refractivity contribution in [1.29, 1.82) is 0 Å². The molecule has 0 aliphatic carbocycles. The number of rotatable bonds is 5. The molecule has 1 atom stereocenters. The topological polar surface area (TPSA) is 62.5 Å². The highest BCUT2D eigenvalue weighted by atomic mass is 16.3. The van der Waals surface area contributed by atoms with E-state index in [9.17, 15) is 4.79 Å². The summed E-state index contributed by atoms with van der Waals surface area (Å²) in [6.07, 6.45) is 2.63. The van der Waals surface area contributed by atoms with Gasteiger partial charge in [-0.2, -0.15) is 0 Å². The number of nitrogens with one attached hydrogen (secondary N) is 1. The van der Waals surface area contributed by atoms with Crippen molar-refractivity contribution in [3.63, 3.8) is 0 Å². The minimum atomic E-state index is -0.176. The Hall–Kier alpha value is -1.81. The van der Waals surface area contributed by atoms with E-state index in [0.717, 1.165) is 16.5 Å². The first-order valence-corrected chi connectivity index (χ1v) is 6.92. The van der Waals surface area contributed by atoms with Crippen LogP contribution in [-0.2, 0) is 11.2 Å². The van der Waals surface area contributed by atoms with Crippen molar-refractivity contribution >= 4 is 16.9 Å². The first kappa shape index (κ1) is 14.6. The lowest BCUT2D eigenvalue weighted by Crippen LogP contribution is -2.37. The third-order valence-electron chi connectivity index (χ3n) is 3.70. The average Bonchev–Trinajstić information content (AvgIpc) is 2.79. The van der Waals surface area contributed by atoms with E-state index < -0.39 is 0 Å². The molecule has 4 nitrogen and oxygen atoms in total. The fourth-order valence-corrected chi connectivity index (χ4v) is 2.20. The maximum Gasteiger partial charge on any atom is 0.224 e. The number of amides is 1. The summed E-state index contributed by atoms with van der Waals surface area (Å²) in [4.78, 5) is 12.0. The number of fused-ring (bicyclic) bond motifs is 1. The monoisotopic (exact) mass is 275 g/mol. The van der Waals surface area contributed by atoms with E-state index in [0.29, 0.717) is 6.42 Å². The Balaban J connectivity index is 2.18. The standard InChI is InChI=1S/C16H21NO3/c1-4-13(8-18)17-16(19)7-12-9-20-15-6-11(3)10(2)5-14(12)15/h5-6,9,13,18H,4,7-8H2,1-3H3,(H,17,19). The third-order valence-corrected chi connectivity index (χ3v) is 3.70. The smallest absolute Gasteiger partial charge is 0.224 e. The Labute approximate surface area is 118 Å². The highest BCUT2D eigenvalue weighted by Gasteiger charge is 2.14. The summed E-state index contributed by atoms with van der Waals surface area (Å²) in [5.74, 6) is -0.0909. The molecule has 0 fully saturated rings. The van der Waals surface area contributed by atoms with Crippen molar-refractivity contribution in [2.45, 2.75) is 39.7 Å². The van der Waals surface area contributed by atoms with Gasteiger partial charge in [0, 0.05) is 10.9 Å². The molecule has 2 rings (SSSR count). The number of benzene rings is 1. The number of aliphatic hydroxyl groups excluding tert-OH is 1. The van der Waals surface area contributed by atoms with Crippen molar-refractivity contribution in [3.8, 4) is 0 Å². The Morgan fingerprint density at radius 2 is 2.05 bits per heavy atom. The van der Waals surface area contributed by atoms with Gasteiger partial charge in [-0.3, -0.25) is 4.79 Å². The zero-order valence-corrected chi connectivity index (χ0v) is 12.2. The first-order chi connectivity index (χ1) is 9.55. The van der Waals surface area contributed by atoms with Gasteiger partial charge in [0.2, 0.25) is 5.91 Å². The number of aryl methyl sites for hydroxylation is 2. The molecule has 4 heteroatoms. The number of aliphatic hydroxyl groups is 1. The van der Waals surface area contributed by atoms with Crippen LogP contribution in [0.5, 0.6) is 0 Å². The van der Waals surface area contributed by atoms with Gasteiger partial charge in [0.25, 0.3) is 0 Å². The molecule has 0 saturated heterocycles. The van der Waals surface area contributed by atoms with Crippen LogP contribution in [0.4, 0.5) is 0 Å². The van der Waals surface area contributed by atoms with E-state index in [1.165, 1.54) is 11.1 Å². The molecule has 1 unspecified atom stereocenters. The molecule has 0 aliphatic heterocycles. The minimum Gasteiger partial charge on any atom is -0.464 e. The van der Waals surface area contributed by atoms with Crippen LogP contribution < -0.4 is 5.32 Å². The molecule has 0 bridgehead atoms. The quantitative estimate of drug-likeness (QED) is 0.881. The van der Waals surface area contributed by atoms with Crippen LogP contribution in [0.3, 0.4) is 0 Å². The summed E-state index contributed by atoms with van der Waals surface area (Å²) in [5.41, 5.74) is 4.05.